The van der Waals surface area contributed by atoms with E-state index in [1.165, 1.54) is 25.6 Å². The van der Waals surface area contributed by atoms with Crippen LogP contribution < -0.4 is 14.2 Å². The number of benzene rings is 2. The van der Waals surface area contributed by atoms with E-state index in [1.807, 2.05) is 16.8 Å². The zero-order chi connectivity index (χ0) is 23.0. The molecule has 0 radical (unpaired) electrons. The van der Waals surface area contributed by atoms with E-state index in [2.05, 4.69) is 0 Å². The highest BCUT2D eigenvalue weighted by Gasteiger charge is 2.39. The summed E-state index contributed by atoms with van der Waals surface area (Å²) in [5.74, 6) is -0.916. The Kier molecular flexibility index (Phi) is 5.83. The van der Waals surface area contributed by atoms with Crippen LogP contribution in [0.1, 0.15) is 17.3 Å². The van der Waals surface area contributed by atoms with E-state index >= 15 is 0 Å². The molecule has 2 aromatic carbocycles. The first-order valence-corrected chi connectivity index (χ1v) is 11.2. The summed E-state index contributed by atoms with van der Waals surface area (Å²) in [5, 5.41) is 0. The van der Waals surface area contributed by atoms with Crippen molar-refractivity contribution < 1.29 is 31.4 Å². The Labute approximate surface area is 184 Å². The van der Waals surface area contributed by atoms with Gasteiger partial charge in [0.2, 0.25) is 15.8 Å². The monoisotopic (exact) mass is 464 g/mol. The van der Waals surface area contributed by atoms with Gasteiger partial charge in [-0.3, -0.25) is 0 Å². The summed E-state index contributed by atoms with van der Waals surface area (Å²) in [6.07, 6.45) is 1.85. The van der Waals surface area contributed by atoms with Crippen LogP contribution in [0, 0.1) is 11.6 Å². The Hall–Kier alpha value is -3.11. The third kappa shape index (κ3) is 3.59. The van der Waals surface area contributed by atoms with Crippen LogP contribution in [-0.4, -0.2) is 45.2 Å². The first-order chi connectivity index (χ1) is 15.3. The molecule has 0 unspecified atom stereocenters. The molecule has 170 valence electrons. The maximum absolute atomic E-state index is 14.5. The average molecular weight is 464 g/mol. The molecule has 3 aromatic rings. The van der Waals surface area contributed by atoms with E-state index < -0.39 is 32.6 Å². The van der Waals surface area contributed by atoms with Crippen molar-refractivity contribution in [3.8, 4) is 17.2 Å². The molecule has 0 saturated heterocycles. The third-order valence-electron chi connectivity index (χ3n) is 5.48. The van der Waals surface area contributed by atoms with E-state index in [0.29, 0.717) is 41.1 Å². The van der Waals surface area contributed by atoms with Crippen LogP contribution >= 0.6 is 0 Å². The summed E-state index contributed by atoms with van der Waals surface area (Å²) in [6, 6.07) is 8.58. The van der Waals surface area contributed by atoms with Gasteiger partial charge in [-0.2, -0.15) is 4.31 Å². The molecule has 7 nitrogen and oxygen atoms in total. The first kappa shape index (κ1) is 22.1. The van der Waals surface area contributed by atoms with Crippen LogP contribution in [0.15, 0.2) is 53.6 Å². The number of sulfonamides is 1. The van der Waals surface area contributed by atoms with E-state index in [1.54, 1.807) is 18.2 Å². The molecule has 1 atom stereocenters. The topological polar surface area (TPSA) is 70.0 Å². The van der Waals surface area contributed by atoms with Crippen LogP contribution in [0.2, 0.25) is 0 Å². The zero-order valence-electron chi connectivity index (χ0n) is 17.7. The Bertz CT molecular complexity index is 1230. The van der Waals surface area contributed by atoms with Gasteiger partial charge in [0.25, 0.3) is 0 Å². The van der Waals surface area contributed by atoms with Crippen molar-refractivity contribution in [3.05, 3.63) is 71.6 Å². The van der Waals surface area contributed by atoms with Crippen LogP contribution in [0.5, 0.6) is 17.2 Å². The molecule has 4 rings (SSSR count). The first-order valence-electron chi connectivity index (χ1n) is 9.73. The van der Waals surface area contributed by atoms with Crippen molar-refractivity contribution >= 4 is 10.0 Å². The molecule has 0 spiro atoms. The summed E-state index contributed by atoms with van der Waals surface area (Å²) in [6.45, 7) is 0.466. The normalized spacial score (nSPS) is 16.5. The van der Waals surface area contributed by atoms with Crippen molar-refractivity contribution in [2.75, 3.05) is 27.9 Å². The number of hydrogen-bond acceptors (Lipinski definition) is 5. The van der Waals surface area contributed by atoms with Crippen LogP contribution in [-0.2, 0) is 16.6 Å². The molecule has 0 saturated carbocycles. The standard InChI is InChI=1S/C22H22F2N2O5S/c1-29-18-11-14(12-19(30-2)22(18)31-3)21-17-5-4-8-25(17)9-10-26(21)32(27,28)20-7-6-15(23)13-16(20)24/h4-8,11-13,21H,9-10H2,1-3H3/t21-/m0/s1. The third-order valence-corrected chi connectivity index (χ3v) is 7.38. The van der Waals surface area contributed by atoms with Crippen LogP contribution in [0.4, 0.5) is 8.78 Å². The smallest absolute Gasteiger partial charge is 0.246 e. The minimum Gasteiger partial charge on any atom is -0.493 e. The Morgan fingerprint density at radius 3 is 2.22 bits per heavy atom. The maximum atomic E-state index is 14.5. The Morgan fingerprint density at radius 2 is 1.62 bits per heavy atom. The molecular weight excluding hydrogens is 442 g/mol. The highest BCUT2D eigenvalue weighted by Crippen LogP contribution is 2.44. The maximum Gasteiger partial charge on any atom is 0.246 e. The molecule has 1 aromatic heterocycles. The van der Waals surface area contributed by atoms with Crippen molar-refractivity contribution in [2.45, 2.75) is 17.5 Å². The van der Waals surface area contributed by atoms with Crippen LogP contribution in [0.3, 0.4) is 0 Å². The number of hydrogen-bond donors (Lipinski definition) is 0. The largest absolute Gasteiger partial charge is 0.493 e. The highest BCUT2D eigenvalue weighted by atomic mass is 32.2. The summed E-state index contributed by atoms with van der Waals surface area (Å²) >= 11 is 0. The summed E-state index contributed by atoms with van der Waals surface area (Å²) in [7, 11) is 0.0860. The Morgan fingerprint density at radius 1 is 0.938 bits per heavy atom. The highest BCUT2D eigenvalue weighted by molar-refractivity contribution is 7.89. The van der Waals surface area contributed by atoms with Gasteiger partial charge >= 0.3 is 0 Å². The second-order valence-corrected chi connectivity index (χ2v) is 9.04. The molecule has 0 N–H and O–H groups in total. The number of aromatic nitrogens is 1. The minimum absolute atomic E-state index is 0.0855. The summed E-state index contributed by atoms with van der Waals surface area (Å²) in [4.78, 5) is -0.587. The van der Waals surface area contributed by atoms with E-state index in [0.717, 1.165) is 12.1 Å². The minimum atomic E-state index is -4.32. The van der Waals surface area contributed by atoms with E-state index in [-0.39, 0.29) is 6.54 Å². The number of methoxy groups -OCH3 is 3. The van der Waals surface area contributed by atoms with Gasteiger partial charge in [0.05, 0.1) is 27.4 Å². The van der Waals surface area contributed by atoms with Crippen molar-refractivity contribution in [2.24, 2.45) is 0 Å². The van der Waals surface area contributed by atoms with Gasteiger partial charge in [-0.15, -0.1) is 0 Å². The molecule has 2 heterocycles. The number of fused-ring (bicyclic) bond motifs is 1. The fourth-order valence-corrected chi connectivity index (χ4v) is 5.66. The Balaban J connectivity index is 1.92. The number of halogens is 2. The lowest BCUT2D eigenvalue weighted by Crippen LogP contribution is -2.42. The molecule has 10 heteroatoms. The van der Waals surface area contributed by atoms with Gasteiger partial charge in [-0.1, -0.05) is 0 Å². The van der Waals surface area contributed by atoms with Crippen molar-refractivity contribution in [1.82, 2.24) is 8.87 Å². The second-order valence-electron chi connectivity index (χ2n) is 7.18. The fraction of sp³-hybridized carbons (Fsp3) is 0.273. The molecule has 0 fully saturated rings. The van der Waals surface area contributed by atoms with Crippen molar-refractivity contribution in [1.29, 1.82) is 0 Å². The van der Waals surface area contributed by atoms with Gasteiger partial charge in [-0.05, 0) is 42.0 Å². The fourth-order valence-electron chi connectivity index (χ4n) is 4.03. The summed E-state index contributed by atoms with van der Waals surface area (Å²) < 4.78 is 74.4. The van der Waals surface area contributed by atoms with Crippen LogP contribution in [0.25, 0.3) is 0 Å². The van der Waals surface area contributed by atoms with Gasteiger partial charge < -0.3 is 18.8 Å². The van der Waals surface area contributed by atoms with Gasteiger partial charge in [-0.25, -0.2) is 17.2 Å². The number of nitrogens with zero attached hydrogens (tertiary/aromatic N) is 2. The SMILES string of the molecule is COc1cc([C@H]2c3cccn3CCN2S(=O)(=O)c2ccc(F)cc2F)cc(OC)c1OC. The zero-order valence-corrected chi connectivity index (χ0v) is 18.5. The quantitative estimate of drug-likeness (QED) is 0.558. The molecule has 32 heavy (non-hydrogen) atoms. The molecule has 0 amide bonds. The summed E-state index contributed by atoms with van der Waals surface area (Å²) in [5.41, 5.74) is 1.24. The van der Waals surface area contributed by atoms with E-state index in [4.69, 9.17) is 14.2 Å². The lowest BCUT2D eigenvalue weighted by Gasteiger charge is -2.36. The molecule has 1 aliphatic rings. The molecule has 1 aliphatic heterocycles. The predicted molar refractivity (Wildman–Crippen MR) is 113 cm³/mol. The number of rotatable bonds is 6. The predicted octanol–water partition coefficient (Wildman–Crippen LogP) is 3.59. The molecule has 0 aliphatic carbocycles. The second kappa shape index (κ2) is 8.44. The average Bonchev–Trinajstić information content (AvgIpc) is 3.26. The van der Waals surface area contributed by atoms with Gasteiger partial charge in [0.1, 0.15) is 16.5 Å². The molecule has 0 bridgehead atoms. The van der Waals surface area contributed by atoms with Crippen molar-refractivity contribution in [3.63, 3.8) is 0 Å². The number of ether oxygens (including phenoxy) is 3. The van der Waals surface area contributed by atoms with Gasteiger partial charge in [0, 0.05) is 31.0 Å². The lowest BCUT2D eigenvalue weighted by atomic mass is 10.0. The molecular formula is C22H22F2N2O5S. The van der Waals surface area contributed by atoms with E-state index in [9.17, 15) is 17.2 Å². The van der Waals surface area contributed by atoms with Gasteiger partial charge in [0.15, 0.2) is 11.5 Å². The lowest BCUT2D eigenvalue weighted by molar-refractivity contribution is 0.292.